The lowest BCUT2D eigenvalue weighted by molar-refractivity contribution is 0.0627. The van der Waals surface area contributed by atoms with Crippen LogP contribution in [0.1, 0.15) is 15.9 Å². The van der Waals surface area contributed by atoms with Crippen molar-refractivity contribution in [2.75, 3.05) is 33.3 Å². The number of aromatic nitrogens is 2. The summed E-state index contributed by atoms with van der Waals surface area (Å²) in [6, 6.07) is 11.7. The van der Waals surface area contributed by atoms with Crippen LogP contribution in [0.15, 0.2) is 53.3 Å². The molecule has 0 N–H and O–H groups in total. The Morgan fingerprint density at radius 3 is 2.55 bits per heavy atom. The van der Waals surface area contributed by atoms with Crippen molar-refractivity contribution in [3.05, 3.63) is 65.8 Å². The number of methoxy groups -OCH3 is 1. The van der Waals surface area contributed by atoms with Gasteiger partial charge in [0.15, 0.2) is 0 Å². The number of nitrogens with zero attached hydrogens (tertiary/aromatic N) is 4. The van der Waals surface area contributed by atoms with Gasteiger partial charge < -0.3 is 14.1 Å². The first-order valence-electron chi connectivity index (χ1n) is 9.34. The highest BCUT2D eigenvalue weighted by molar-refractivity contribution is 5.94. The second-order valence-electron chi connectivity index (χ2n) is 6.85. The van der Waals surface area contributed by atoms with Crippen molar-refractivity contribution in [2.24, 2.45) is 0 Å². The zero-order chi connectivity index (χ0) is 20.2. The van der Waals surface area contributed by atoms with Crippen LogP contribution in [-0.4, -0.2) is 59.2 Å². The van der Waals surface area contributed by atoms with Crippen LogP contribution in [0.5, 0.6) is 5.75 Å². The van der Waals surface area contributed by atoms with Crippen LogP contribution < -0.4 is 4.74 Å². The molecular weight excluding hydrogens is 375 g/mol. The maximum Gasteiger partial charge on any atom is 0.253 e. The quantitative estimate of drug-likeness (QED) is 0.660. The Labute approximate surface area is 167 Å². The molecular formula is C21H21FN4O3. The molecule has 7 nitrogen and oxygen atoms in total. The van der Waals surface area contributed by atoms with E-state index < -0.39 is 0 Å². The molecule has 0 atom stereocenters. The molecule has 1 aliphatic rings. The fraction of sp³-hybridized carbons (Fsp3) is 0.286. The molecule has 1 aromatic heterocycles. The maximum atomic E-state index is 13.6. The van der Waals surface area contributed by atoms with Crippen LogP contribution in [0.25, 0.3) is 11.5 Å². The van der Waals surface area contributed by atoms with E-state index in [2.05, 4.69) is 15.1 Å². The number of carbonyl (C=O) groups excluding carboxylic acids is 1. The standard InChI is InChI=1S/C21H21FN4O3/c1-28-19-7-6-18(22)12-17(19)13-25-8-10-26(11-9-25)21(27)16-4-2-15(3-5-16)20-24-23-14-29-20/h2-7,12,14H,8-11,13H2,1H3. The van der Waals surface area contributed by atoms with Gasteiger partial charge in [0.2, 0.25) is 12.3 Å². The molecule has 1 amide bonds. The van der Waals surface area contributed by atoms with Crippen LogP contribution in [0.2, 0.25) is 0 Å². The fourth-order valence-corrected chi connectivity index (χ4v) is 3.46. The zero-order valence-corrected chi connectivity index (χ0v) is 16.0. The Kier molecular flexibility index (Phi) is 5.53. The Morgan fingerprint density at radius 2 is 1.90 bits per heavy atom. The van der Waals surface area contributed by atoms with E-state index in [0.717, 1.165) is 11.1 Å². The first-order chi connectivity index (χ1) is 14.1. The van der Waals surface area contributed by atoms with Crippen molar-refractivity contribution in [3.8, 4) is 17.2 Å². The minimum atomic E-state index is -0.279. The lowest BCUT2D eigenvalue weighted by Crippen LogP contribution is -2.48. The number of carbonyl (C=O) groups is 1. The van der Waals surface area contributed by atoms with Crippen molar-refractivity contribution >= 4 is 5.91 Å². The van der Waals surface area contributed by atoms with Crippen molar-refractivity contribution in [2.45, 2.75) is 6.54 Å². The highest BCUT2D eigenvalue weighted by Crippen LogP contribution is 2.22. The predicted molar refractivity (Wildman–Crippen MR) is 104 cm³/mol. The first-order valence-corrected chi connectivity index (χ1v) is 9.34. The largest absolute Gasteiger partial charge is 0.496 e. The molecule has 0 unspecified atom stereocenters. The average Bonchev–Trinajstić information content (AvgIpc) is 3.29. The van der Waals surface area contributed by atoms with Crippen molar-refractivity contribution in [1.29, 1.82) is 0 Å². The minimum absolute atomic E-state index is 0.00920. The average molecular weight is 396 g/mol. The number of rotatable bonds is 5. The summed E-state index contributed by atoms with van der Waals surface area (Å²) in [6.45, 7) is 3.24. The summed E-state index contributed by atoms with van der Waals surface area (Å²) in [5.74, 6) is 0.806. The number of halogens is 1. The molecule has 1 aliphatic heterocycles. The minimum Gasteiger partial charge on any atom is -0.496 e. The Bertz CT molecular complexity index is 968. The van der Waals surface area contributed by atoms with Crippen LogP contribution >= 0.6 is 0 Å². The molecule has 0 aliphatic carbocycles. The van der Waals surface area contributed by atoms with E-state index in [9.17, 15) is 9.18 Å². The lowest BCUT2D eigenvalue weighted by atomic mass is 10.1. The topological polar surface area (TPSA) is 71.7 Å². The zero-order valence-electron chi connectivity index (χ0n) is 16.0. The predicted octanol–water partition coefficient (Wildman–Crippen LogP) is 2.84. The number of amides is 1. The van der Waals surface area contributed by atoms with Gasteiger partial charge in [-0.15, -0.1) is 10.2 Å². The second-order valence-corrected chi connectivity index (χ2v) is 6.85. The number of benzene rings is 2. The highest BCUT2D eigenvalue weighted by Gasteiger charge is 2.23. The van der Waals surface area contributed by atoms with Gasteiger partial charge in [-0.3, -0.25) is 9.69 Å². The van der Waals surface area contributed by atoms with Gasteiger partial charge in [0.05, 0.1) is 7.11 Å². The smallest absolute Gasteiger partial charge is 0.253 e. The molecule has 1 fully saturated rings. The molecule has 3 aromatic rings. The van der Waals surface area contributed by atoms with Crippen LogP contribution in [0.4, 0.5) is 4.39 Å². The van der Waals surface area contributed by atoms with E-state index in [4.69, 9.17) is 9.15 Å². The van der Waals surface area contributed by atoms with E-state index in [1.165, 1.54) is 18.5 Å². The van der Waals surface area contributed by atoms with Gasteiger partial charge in [0.25, 0.3) is 5.91 Å². The third kappa shape index (κ3) is 4.27. The molecule has 4 rings (SSSR count). The number of piperazine rings is 1. The summed E-state index contributed by atoms with van der Waals surface area (Å²) in [5, 5.41) is 7.52. The van der Waals surface area contributed by atoms with Crippen molar-refractivity contribution in [3.63, 3.8) is 0 Å². The first kappa shape index (κ1) is 19.1. The van der Waals surface area contributed by atoms with Crippen LogP contribution in [0.3, 0.4) is 0 Å². The van der Waals surface area contributed by atoms with E-state index in [-0.39, 0.29) is 11.7 Å². The van der Waals surface area contributed by atoms with Gasteiger partial charge in [0, 0.05) is 49.4 Å². The van der Waals surface area contributed by atoms with Crippen LogP contribution in [-0.2, 0) is 6.54 Å². The summed E-state index contributed by atoms with van der Waals surface area (Å²) in [4.78, 5) is 16.8. The highest BCUT2D eigenvalue weighted by atomic mass is 19.1. The van der Waals surface area contributed by atoms with Gasteiger partial charge in [-0.05, 0) is 42.5 Å². The SMILES string of the molecule is COc1ccc(F)cc1CN1CCN(C(=O)c2ccc(-c3nnco3)cc2)CC1. The second kappa shape index (κ2) is 8.40. The molecule has 2 aromatic carbocycles. The maximum absolute atomic E-state index is 13.6. The van der Waals surface area contributed by atoms with Crippen molar-refractivity contribution < 1.29 is 18.3 Å². The van der Waals surface area contributed by atoms with E-state index in [0.29, 0.717) is 49.9 Å². The third-order valence-corrected chi connectivity index (χ3v) is 5.03. The number of ether oxygens (including phenoxy) is 1. The van der Waals surface area contributed by atoms with Gasteiger partial charge >= 0.3 is 0 Å². The Balaban J connectivity index is 1.36. The van der Waals surface area contributed by atoms with Gasteiger partial charge in [-0.1, -0.05) is 0 Å². The fourth-order valence-electron chi connectivity index (χ4n) is 3.46. The van der Waals surface area contributed by atoms with E-state index >= 15 is 0 Å². The molecule has 1 saturated heterocycles. The summed E-state index contributed by atoms with van der Waals surface area (Å²) in [7, 11) is 1.58. The summed E-state index contributed by atoms with van der Waals surface area (Å²) >= 11 is 0. The molecule has 29 heavy (non-hydrogen) atoms. The molecule has 150 valence electrons. The summed E-state index contributed by atoms with van der Waals surface area (Å²) in [6.07, 6.45) is 1.27. The summed E-state index contributed by atoms with van der Waals surface area (Å²) < 4.78 is 24.1. The molecule has 8 heteroatoms. The lowest BCUT2D eigenvalue weighted by Gasteiger charge is -2.35. The Morgan fingerprint density at radius 1 is 1.14 bits per heavy atom. The molecule has 0 spiro atoms. The van der Waals surface area contributed by atoms with Gasteiger partial charge in [0.1, 0.15) is 11.6 Å². The molecule has 2 heterocycles. The molecule has 0 bridgehead atoms. The Hall–Kier alpha value is -3.26. The molecule has 0 radical (unpaired) electrons. The van der Waals surface area contributed by atoms with Gasteiger partial charge in [-0.25, -0.2) is 4.39 Å². The van der Waals surface area contributed by atoms with E-state index in [1.54, 1.807) is 37.4 Å². The monoisotopic (exact) mass is 396 g/mol. The van der Waals surface area contributed by atoms with Crippen molar-refractivity contribution in [1.82, 2.24) is 20.0 Å². The molecule has 0 saturated carbocycles. The van der Waals surface area contributed by atoms with Gasteiger partial charge in [-0.2, -0.15) is 0 Å². The normalized spacial score (nSPS) is 14.8. The van der Waals surface area contributed by atoms with E-state index in [1.807, 2.05) is 4.90 Å². The number of hydrogen-bond acceptors (Lipinski definition) is 6. The number of hydrogen-bond donors (Lipinski definition) is 0. The third-order valence-electron chi connectivity index (χ3n) is 5.03. The summed E-state index contributed by atoms with van der Waals surface area (Å²) in [5.41, 5.74) is 2.20. The van der Waals surface area contributed by atoms with Crippen LogP contribution in [0, 0.1) is 5.82 Å².